The van der Waals surface area contributed by atoms with Gasteiger partial charge in [-0.3, -0.25) is 0 Å². The summed E-state index contributed by atoms with van der Waals surface area (Å²) in [7, 11) is -3.54. The van der Waals surface area contributed by atoms with Crippen molar-refractivity contribution >= 4 is 31.6 Å². The maximum absolute atomic E-state index is 12.0. The van der Waals surface area contributed by atoms with E-state index in [1.54, 1.807) is 12.1 Å². The Kier molecular flexibility index (Phi) is 6.07. The lowest BCUT2D eigenvalue weighted by Crippen LogP contribution is -2.25. The summed E-state index contributed by atoms with van der Waals surface area (Å²) in [4.78, 5) is 0.143. The maximum atomic E-state index is 12.0. The van der Waals surface area contributed by atoms with Crippen molar-refractivity contribution in [2.45, 2.75) is 24.2 Å². The van der Waals surface area contributed by atoms with Crippen LogP contribution in [0.15, 0.2) is 27.6 Å². The van der Waals surface area contributed by atoms with Gasteiger partial charge in [0.2, 0.25) is 10.0 Å². The van der Waals surface area contributed by atoms with E-state index in [9.17, 15) is 8.42 Å². The molecule has 0 unspecified atom stereocenters. The van der Waals surface area contributed by atoms with E-state index >= 15 is 0 Å². The van der Waals surface area contributed by atoms with Crippen molar-refractivity contribution < 1.29 is 13.5 Å². The van der Waals surface area contributed by atoms with Crippen molar-refractivity contribution in [1.29, 1.82) is 0 Å². The Hall–Kier alpha value is -0.630. The third-order valence-corrected chi connectivity index (χ3v) is 4.83. The van der Waals surface area contributed by atoms with E-state index in [0.717, 1.165) is 6.42 Å². The quantitative estimate of drug-likeness (QED) is 0.519. The second-order valence-corrected chi connectivity index (χ2v) is 6.46. The molecule has 1 aromatic rings. The molecule has 0 aliphatic rings. The number of nitrogens with one attached hydrogen (secondary N) is 1. The second kappa shape index (κ2) is 7.08. The topological polar surface area (TPSA) is 92.4 Å². The van der Waals surface area contributed by atoms with Crippen LogP contribution in [0.3, 0.4) is 0 Å². The van der Waals surface area contributed by atoms with Gasteiger partial charge in [-0.2, -0.15) is 0 Å². The molecule has 0 saturated carbocycles. The number of benzene rings is 1. The van der Waals surface area contributed by atoms with Crippen molar-refractivity contribution in [2.75, 3.05) is 18.9 Å². The van der Waals surface area contributed by atoms with Gasteiger partial charge in [0.05, 0.1) is 4.90 Å². The predicted octanol–water partition coefficient (Wildman–Crippen LogP) is 1.47. The molecule has 0 atom stereocenters. The molecule has 0 aliphatic heterocycles. The van der Waals surface area contributed by atoms with Crippen molar-refractivity contribution in [3.63, 3.8) is 0 Å². The van der Waals surface area contributed by atoms with Gasteiger partial charge in [0, 0.05) is 23.3 Å². The normalized spacial score (nSPS) is 11.7. The Morgan fingerprint density at radius 2 is 2.00 bits per heavy atom. The first-order chi connectivity index (χ1) is 8.47. The van der Waals surface area contributed by atoms with Gasteiger partial charge < -0.3 is 10.8 Å². The van der Waals surface area contributed by atoms with Gasteiger partial charge in [-0.1, -0.05) is 0 Å². The number of sulfonamides is 1. The molecule has 0 saturated heterocycles. The minimum atomic E-state index is -3.54. The number of nitrogen functional groups attached to an aromatic ring is 1. The molecule has 1 rings (SSSR count). The highest BCUT2D eigenvalue weighted by atomic mass is 79.9. The van der Waals surface area contributed by atoms with Crippen LogP contribution in [0.1, 0.15) is 19.3 Å². The lowest BCUT2D eigenvalue weighted by atomic mass is 10.2. The van der Waals surface area contributed by atoms with Crippen molar-refractivity contribution in [2.24, 2.45) is 0 Å². The number of anilines is 1. The molecule has 102 valence electrons. The molecule has 18 heavy (non-hydrogen) atoms. The number of unbranched alkanes of at least 4 members (excludes halogenated alkanes) is 2. The Labute approximate surface area is 116 Å². The SMILES string of the molecule is Nc1ccc(Br)c(S(=O)(=O)NCCCCCO)c1. The number of nitrogens with two attached hydrogens (primary N) is 1. The average Bonchev–Trinajstić information content (AvgIpc) is 2.32. The van der Waals surface area contributed by atoms with Crippen LogP contribution >= 0.6 is 15.9 Å². The number of hydrogen-bond donors (Lipinski definition) is 3. The van der Waals surface area contributed by atoms with Gasteiger partial charge in [-0.15, -0.1) is 0 Å². The average molecular weight is 337 g/mol. The minimum absolute atomic E-state index is 0.132. The van der Waals surface area contributed by atoms with E-state index in [1.165, 1.54) is 6.07 Å². The Morgan fingerprint density at radius 3 is 2.67 bits per heavy atom. The summed E-state index contributed by atoms with van der Waals surface area (Å²) < 4.78 is 27.0. The fourth-order valence-corrected chi connectivity index (χ4v) is 3.49. The van der Waals surface area contributed by atoms with Gasteiger partial charge in [-0.05, 0) is 53.4 Å². The summed E-state index contributed by atoms with van der Waals surface area (Å²) in [5, 5.41) is 8.61. The number of halogens is 1. The Morgan fingerprint density at radius 1 is 1.28 bits per heavy atom. The molecule has 0 aromatic heterocycles. The summed E-state index contributed by atoms with van der Waals surface area (Å²) >= 11 is 3.19. The fourth-order valence-electron chi connectivity index (χ4n) is 1.42. The van der Waals surface area contributed by atoms with Crippen LogP contribution in [-0.4, -0.2) is 26.7 Å². The summed E-state index contributed by atoms with van der Waals surface area (Å²) in [6.07, 6.45) is 2.17. The molecule has 0 amide bonds. The summed E-state index contributed by atoms with van der Waals surface area (Å²) in [6, 6.07) is 4.65. The van der Waals surface area contributed by atoms with Crippen LogP contribution < -0.4 is 10.5 Å². The van der Waals surface area contributed by atoms with Crippen LogP contribution in [0.5, 0.6) is 0 Å². The Balaban J connectivity index is 2.66. The van der Waals surface area contributed by atoms with Gasteiger partial charge in [0.1, 0.15) is 0 Å². The highest BCUT2D eigenvalue weighted by Crippen LogP contribution is 2.23. The second-order valence-electron chi connectivity index (χ2n) is 3.87. The van der Waals surface area contributed by atoms with Crippen LogP contribution in [0, 0.1) is 0 Å². The monoisotopic (exact) mass is 336 g/mol. The molecule has 7 heteroatoms. The van der Waals surface area contributed by atoms with Crippen LogP contribution in [-0.2, 0) is 10.0 Å². The fraction of sp³-hybridized carbons (Fsp3) is 0.455. The van der Waals surface area contributed by atoms with Crippen molar-refractivity contribution in [3.05, 3.63) is 22.7 Å². The standard InChI is InChI=1S/C11H17BrN2O3S/c12-10-5-4-9(13)8-11(10)18(16,17)14-6-2-1-3-7-15/h4-5,8,14-15H,1-3,6-7,13H2. The molecule has 0 heterocycles. The summed E-state index contributed by atoms with van der Waals surface area (Å²) in [5.74, 6) is 0. The minimum Gasteiger partial charge on any atom is -0.399 e. The predicted molar refractivity (Wildman–Crippen MR) is 74.7 cm³/mol. The molecule has 5 nitrogen and oxygen atoms in total. The van der Waals surface area contributed by atoms with Crippen LogP contribution in [0.2, 0.25) is 0 Å². The van der Waals surface area contributed by atoms with Crippen LogP contribution in [0.4, 0.5) is 5.69 Å². The summed E-state index contributed by atoms with van der Waals surface area (Å²) in [6.45, 7) is 0.483. The molecular weight excluding hydrogens is 320 g/mol. The lowest BCUT2D eigenvalue weighted by Gasteiger charge is -2.09. The van der Waals surface area contributed by atoms with E-state index in [4.69, 9.17) is 10.8 Å². The number of aliphatic hydroxyl groups excluding tert-OH is 1. The molecule has 0 spiro atoms. The van der Waals surface area contributed by atoms with Gasteiger partial charge in [0.15, 0.2) is 0 Å². The van der Waals surface area contributed by atoms with Gasteiger partial charge in [-0.25, -0.2) is 13.1 Å². The zero-order valence-electron chi connectivity index (χ0n) is 9.89. The third kappa shape index (κ3) is 4.56. The van der Waals surface area contributed by atoms with Crippen molar-refractivity contribution in [1.82, 2.24) is 4.72 Å². The van der Waals surface area contributed by atoms with Gasteiger partial charge >= 0.3 is 0 Å². The Bertz CT molecular complexity index is 491. The van der Waals surface area contributed by atoms with E-state index in [2.05, 4.69) is 20.7 Å². The van der Waals surface area contributed by atoms with Gasteiger partial charge in [0.25, 0.3) is 0 Å². The highest BCUT2D eigenvalue weighted by Gasteiger charge is 2.17. The molecule has 1 aromatic carbocycles. The van der Waals surface area contributed by atoms with E-state index in [-0.39, 0.29) is 11.5 Å². The first kappa shape index (κ1) is 15.4. The highest BCUT2D eigenvalue weighted by molar-refractivity contribution is 9.10. The largest absolute Gasteiger partial charge is 0.399 e. The molecular formula is C11H17BrN2O3S. The third-order valence-electron chi connectivity index (χ3n) is 2.37. The number of rotatable bonds is 7. The van der Waals surface area contributed by atoms with E-state index < -0.39 is 10.0 Å². The maximum Gasteiger partial charge on any atom is 0.241 e. The zero-order chi connectivity index (χ0) is 13.6. The lowest BCUT2D eigenvalue weighted by molar-refractivity contribution is 0.283. The zero-order valence-corrected chi connectivity index (χ0v) is 12.3. The number of hydrogen-bond acceptors (Lipinski definition) is 4. The van der Waals surface area contributed by atoms with Crippen molar-refractivity contribution in [3.8, 4) is 0 Å². The van der Waals surface area contributed by atoms with E-state index in [1.807, 2.05) is 0 Å². The first-order valence-corrected chi connectivity index (χ1v) is 7.90. The smallest absolute Gasteiger partial charge is 0.241 e. The molecule has 0 bridgehead atoms. The molecule has 0 radical (unpaired) electrons. The summed E-state index contributed by atoms with van der Waals surface area (Å²) in [5.41, 5.74) is 5.98. The van der Waals surface area contributed by atoms with E-state index in [0.29, 0.717) is 29.5 Å². The molecule has 0 fully saturated rings. The molecule has 4 N–H and O–H groups in total. The van der Waals surface area contributed by atoms with Crippen LogP contribution in [0.25, 0.3) is 0 Å². The molecule has 0 aliphatic carbocycles. The first-order valence-electron chi connectivity index (χ1n) is 5.63. The number of aliphatic hydroxyl groups is 1.